The number of rotatable bonds is 3. The van der Waals surface area contributed by atoms with E-state index < -0.39 is 0 Å². The van der Waals surface area contributed by atoms with Crippen LogP contribution in [-0.2, 0) is 4.79 Å². The second-order valence-corrected chi connectivity index (χ2v) is 6.44. The number of amides is 2. The average molecular weight is 371 g/mol. The molecule has 3 rings (SSSR count). The smallest absolute Gasteiger partial charge is 0.257 e. The van der Waals surface area contributed by atoms with Crippen LogP contribution >= 0.6 is 11.6 Å². The van der Waals surface area contributed by atoms with Crippen molar-refractivity contribution >= 4 is 23.4 Å². The molecule has 1 aliphatic rings. The van der Waals surface area contributed by atoms with Crippen molar-refractivity contribution < 1.29 is 14.7 Å². The van der Waals surface area contributed by atoms with E-state index in [2.05, 4.69) is 6.58 Å². The van der Waals surface area contributed by atoms with Crippen molar-refractivity contribution in [3.8, 4) is 16.9 Å². The minimum Gasteiger partial charge on any atom is -0.507 e. The van der Waals surface area contributed by atoms with Gasteiger partial charge in [-0.05, 0) is 29.8 Å². The lowest BCUT2D eigenvalue weighted by atomic mass is 10.0. The number of piperazine rings is 1. The molecule has 1 aliphatic heterocycles. The van der Waals surface area contributed by atoms with E-state index in [4.69, 9.17) is 11.6 Å². The fourth-order valence-corrected chi connectivity index (χ4v) is 3.24. The Kier molecular flexibility index (Phi) is 5.28. The number of benzene rings is 2. The zero-order valence-electron chi connectivity index (χ0n) is 14.2. The molecule has 2 aromatic rings. The van der Waals surface area contributed by atoms with Crippen molar-refractivity contribution in [2.24, 2.45) is 0 Å². The number of carbonyl (C=O) groups excluding carboxylic acids is 2. The van der Waals surface area contributed by atoms with Crippen molar-refractivity contribution in [2.45, 2.75) is 0 Å². The Bertz CT molecular complexity index is 858. The zero-order valence-corrected chi connectivity index (χ0v) is 14.9. The van der Waals surface area contributed by atoms with Crippen LogP contribution in [0.4, 0.5) is 0 Å². The predicted octanol–water partition coefficient (Wildman–Crippen LogP) is 3.18. The molecule has 0 spiro atoms. The van der Waals surface area contributed by atoms with E-state index in [9.17, 15) is 14.7 Å². The topological polar surface area (TPSA) is 60.9 Å². The largest absolute Gasteiger partial charge is 0.507 e. The summed E-state index contributed by atoms with van der Waals surface area (Å²) >= 11 is 6.24. The summed E-state index contributed by atoms with van der Waals surface area (Å²) in [6, 6.07) is 12.2. The van der Waals surface area contributed by atoms with Gasteiger partial charge in [0.25, 0.3) is 5.91 Å². The summed E-state index contributed by atoms with van der Waals surface area (Å²) in [4.78, 5) is 27.8. The predicted molar refractivity (Wildman–Crippen MR) is 101 cm³/mol. The van der Waals surface area contributed by atoms with E-state index in [0.29, 0.717) is 31.2 Å². The molecule has 0 aliphatic carbocycles. The summed E-state index contributed by atoms with van der Waals surface area (Å²) in [7, 11) is 0. The molecule has 0 atom stereocenters. The average Bonchev–Trinajstić information content (AvgIpc) is 2.68. The number of carbonyl (C=O) groups is 2. The summed E-state index contributed by atoms with van der Waals surface area (Å²) in [5, 5.41) is 10.7. The standard InChI is InChI=1S/C20H19ClN2O3/c1-2-19(25)22-9-11-23(12-10-22)20(26)16-13-14(7-8-18(16)24)15-5-3-4-6-17(15)21/h2-8,13,24H,1,9-12H2. The summed E-state index contributed by atoms with van der Waals surface area (Å²) in [6.45, 7) is 5.19. The Morgan fingerprint density at radius 3 is 2.35 bits per heavy atom. The molecule has 0 unspecified atom stereocenters. The molecule has 134 valence electrons. The highest BCUT2D eigenvalue weighted by atomic mass is 35.5. The van der Waals surface area contributed by atoms with Crippen molar-refractivity contribution in [1.82, 2.24) is 9.80 Å². The van der Waals surface area contributed by atoms with Crippen LogP contribution < -0.4 is 0 Å². The Morgan fingerprint density at radius 2 is 1.69 bits per heavy atom. The van der Waals surface area contributed by atoms with Gasteiger partial charge in [0.05, 0.1) is 5.56 Å². The highest BCUT2D eigenvalue weighted by molar-refractivity contribution is 6.33. The van der Waals surface area contributed by atoms with E-state index in [1.54, 1.807) is 28.0 Å². The van der Waals surface area contributed by atoms with Gasteiger partial charge in [0.15, 0.2) is 0 Å². The third-order valence-corrected chi connectivity index (χ3v) is 4.79. The molecule has 5 nitrogen and oxygen atoms in total. The number of aromatic hydroxyl groups is 1. The highest BCUT2D eigenvalue weighted by Crippen LogP contribution is 2.31. The minimum atomic E-state index is -0.262. The lowest BCUT2D eigenvalue weighted by molar-refractivity contribution is -0.127. The molecule has 26 heavy (non-hydrogen) atoms. The Balaban J connectivity index is 1.82. The number of hydrogen-bond acceptors (Lipinski definition) is 3. The molecule has 2 amide bonds. The third kappa shape index (κ3) is 3.58. The molecule has 2 aromatic carbocycles. The molecule has 0 bridgehead atoms. The van der Waals surface area contributed by atoms with Gasteiger partial charge in [0.2, 0.25) is 5.91 Å². The Hall–Kier alpha value is -2.79. The molecule has 1 saturated heterocycles. The van der Waals surface area contributed by atoms with Crippen LogP contribution in [-0.4, -0.2) is 52.9 Å². The van der Waals surface area contributed by atoms with Crippen molar-refractivity contribution in [3.05, 3.63) is 65.7 Å². The van der Waals surface area contributed by atoms with Gasteiger partial charge in [-0.1, -0.05) is 42.4 Å². The van der Waals surface area contributed by atoms with Crippen molar-refractivity contribution in [1.29, 1.82) is 0 Å². The van der Waals surface area contributed by atoms with Crippen LogP contribution in [0.1, 0.15) is 10.4 Å². The molecular weight excluding hydrogens is 352 g/mol. The first-order valence-corrected chi connectivity index (χ1v) is 8.67. The van der Waals surface area contributed by atoms with Crippen molar-refractivity contribution in [3.63, 3.8) is 0 Å². The van der Waals surface area contributed by atoms with Gasteiger partial charge in [0.1, 0.15) is 5.75 Å². The normalized spacial score (nSPS) is 14.2. The summed E-state index contributed by atoms with van der Waals surface area (Å²) in [6.07, 6.45) is 1.27. The van der Waals surface area contributed by atoms with Gasteiger partial charge in [-0.25, -0.2) is 0 Å². The third-order valence-electron chi connectivity index (χ3n) is 4.47. The second-order valence-electron chi connectivity index (χ2n) is 6.03. The summed E-state index contributed by atoms with van der Waals surface area (Å²) in [5.41, 5.74) is 1.78. The first-order chi connectivity index (χ1) is 12.5. The van der Waals surface area contributed by atoms with Crippen LogP contribution in [0.5, 0.6) is 5.75 Å². The second kappa shape index (κ2) is 7.62. The van der Waals surface area contributed by atoms with Crippen LogP contribution in [0.3, 0.4) is 0 Å². The molecular formula is C20H19ClN2O3. The van der Waals surface area contributed by atoms with Crippen LogP contribution in [0, 0.1) is 0 Å². The number of nitrogens with zero attached hydrogens (tertiary/aromatic N) is 2. The monoisotopic (exact) mass is 370 g/mol. The van der Waals surface area contributed by atoms with Crippen molar-refractivity contribution in [2.75, 3.05) is 26.2 Å². The van der Waals surface area contributed by atoms with Crippen LogP contribution in [0.15, 0.2) is 55.1 Å². The van der Waals surface area contributed by atoms with Crippen LogP contribution in [0.25, 0.3) is 11.1 Å². The van der Waals surface area contributed by atoms with E-state index >= 15 is 0 Å². The SMILES string of the molecule is C=CC(=O)N1CCN(C(=O)c2cc(-c3ccccc3Cl)ccc2O)CC1. The fraction of sp³-hybridized carbons (Fsp3) is 0.200. The Labute approximate surface area is 157 Å². The number of hydrogen-bond donors (Lipinski definition) is 1. The first-order valence-electron chi connectivity index (χ1n) is 8.30. The van der Waals surface area contributed by atoms with Crippen LogP contribution in [0.2, 0.25) is 5.02 Å². The molecule has 0 aromatic heterocycles. The zero-order chi connectivity index (χ0) is 18.7. The molecule has 0 saturated carbocycles. The quantitative estimate of drug-likeness (QED) is 0.844. The highest BCUT2D eigenvalue weighted by Gasteiger charge is 2.25. The van der Waals surface area contributed by atoms with E-state index in [-0.39, 0.29) is 23.1 Å². The van der Waals surface area contributed by atoms with Gasteiger partial charge in [0, 0.05) is 36.8 Å². The molecule has 0 radical (unpaired) electrons. The lowest BCUT2D eigenvalue weighted by Gasteiger charge is -2.34. The fourth-order valence-electron chi connectivity index (χ4n) is 3.00. The van der Waals surface area contributed by atoms with Gasteiger partial charge in [-0.3, -0.25) is 9.59 Å². The van der Waals surface area contributed by atoms with E-state index in [1.165, 1.54) is 12.1 Å². The maximum atomic E-state index is 12.8. The maximum Gasteiger partial charge on any atom is 0.257 e. The first kappa shape index (κ1) is 18.0. The van der Waals surface area contributed by atoms with E-state index in [1.807, 2.05) is 18.2 Å². The summed E-state index contributed by atoms with van der Waals surface area (Å²) in [5.74, 6) is -0.474. The summed E-state index contributed by atoms with van der Waals surface area (Å²) < 4.78 is 0. The molecule has 1 N–H and O–H groups in total. The lowest BCUT2D eigenvalue weighted by Crippen LogP contribution is -2.50. The number of phenols is 1. The molecule has 6 heteroatoms. The Morgan fingerprint density at radius 1 is 1.04 bits per heavy atom. The van der Waals surface area contributed by atoms with Gasteiger partial charge >= 0.3 is 0 Å². The molecule has 1 fully saturated rings. The maximum absolute atomic E-state index is 12.8. The molecule has 1 heterocycles. The number of phenolic OH excluding ortho intramolecular Hbond substituents is 1. The van der Waals surface area contributed by atoms with Gasteiger partial charge < -0.3 is 14.9 Å². The van der Waals surface area contributed by atoms with Gasteiger partial charge in [-0.15, -0.1) is 0 Å². The van der Waals surface area contributed by atoms with Gasteiger partial charge in [-0.2, -0.15) is 0 Å². The van der Waals surface area contributed by atoms with E-state index in [0.717, 1.165) is 11.1 Å². The minimum absolute atomic E-state index is 0.0737. The number of halogens is 1.